The van der Waals surface area contributed by atoms with Crippen molar-refractivity contribution in [3.05, 3.63) is 46.8 Å². The number of carbonyl (C=O) groups is 2. The lowest BCUT2D eigenvalue weighted by Crippen LogP contribution is -2.41. The molecule has 3 heterocycles. The highest BCUT2D eigenvalue weighted by atomic mass is 32.1. The van der Waals surface area contributed by atoms with Crippen LogP contribution >= 0.6 is 11.3 Å². The lowest BCUT2D eigenvalue weighted by Gasteiger charge is -2.20. The van der Waals surface area contributed by atoms with Crippen molar-refractivity contribution in [3.63, 3.8) is 0 Å². The molecule has 1 unspecified atom stereocenters. The van der Waals surface area contributed by atoms with E-state index in [1.54, 1.807) is 13.3 Å². The first kappa shape index (κ1) is 18.2. The summed E-state index contributed by atoms with van der Waals surface area (Å²) < 4.78 is 12.6. The summed E-state index contributed by atoms with van der Waals surface area (Å²) >= 11 is 1.50. The van der Waals surface area contributed by atoms with E-state index in [1.165, 1.54) is 16.0 Å². The fourth-order valence-corrected chi connectivity index (χ4v) is 3.71. The maximum atomic E-state index is 12.0. The largest absolute Gasteiger partial charge is 0.497 e. The fraction of sp³-hybridized carbons (Fsp3) is 0.263. The number of imide groups is 1. The van der Waals surface area contributed by atoms with Crippen LogP contribution in [0, 0.1) is 0 Å². The van der Waals surface area contributed by atoms with E-state index in [4.69, 9.17) is 9.47 Å². The maximum absolute atomic E-state index is 12.0. The van der Waals surface area contributed by atoms with E-state index in [1.807, 2.05) is 35.0 Å². The van der Waals surface area contributed by atoms with Crippen LogP contribution in [0.4, 0.5) is 0 Å². The van der Waals surface area contributed by atoms with Crippen molar-refractivity contribution in [3.8, 4) is 22.8 Å². The van der Waals surface area contributed by atoms with Crippen LogP contribution in [-0.2, 0) is 16.2 Å². The van der Waals surface area contributed by atoms with E-state index in [9.17, 15) is 9.59 Å². The number of hydrogen-bond donors (Lipinski definition) is 1. The minimum Gasteiger partial charge on any atom is -0.497 e. The molecule has 0 bridgehead atoms. The number of aromatic nitrogens is 3. The van der Waals surface area contributed by atoms with Gasteiger partial charge in [0.05, 0.1) is 18.9 Å². The Morgan fingerprint density at radius 2 is 2.07 bits per heavy atom. The van der Waals surface area contributed by atoms with Gasteiger partial charge in [0, 0.05) is 17.2 Å². The molecule has 3 aromatic rings. The minimum absolute atomic E-state index is 0.256. The molecule has 0 saturated carbocycles. The standard InChI is InChI=1S/C19H18N4O4S/c1-26-13-4-2-12(3-5-13)9-27-17-11-28-10-14(17)15-8-23(22-21-15)16-6-7-18(24)20-19(16)25/h2-5,8,10-11,16H,6-7,9H2,1H3,(H,20,24,25). The second kappa shape index (κ2) is 7.81. The van der Waals surface area contributed by atoms with E-state index in [-0.39, 0.29) is 11.8 Å². The van der Waals surface area contributed by atoms with Crippen LogP contribution in [0.25, 0.3) is 11.3 Å². The van der Waals surface area contributed by atoms with Gasteiger partial charge in [0.1, 0.15) is 29.8 Å². The lowest BCUT2D eigenvalue weighted by atomic mass is 10.1. The van der Waals surface area contributed by atoms with Crippen molar-refractivity contribution in [2.24, 2.45) is 0 Å². The van der Waals surface area contributed by atoms with Crippen LogP contribution in [0.15, 0.2) is 41.2 Å². The van der Waals surface area contributed by atoms with Crippen molar-refractivity contribution in [1.82, 2.24) is 20.3 Å². The zero-order valence-corrected chi connectivity index (χ0v) is 15.9. The number of hydrogen-bond acceptors (Lipinski definition) is 7. The van der Waals surface area contributed by atoms with E-state index in [2.05, 4.69) is 15.6 Å². The van der Waals surface area contributed by atoms with Gasteiger partial charge in [-0.2, -0.15) is 0 Å². The molecule has 0 spiro atoms. The topological polar surface area (TPSA) is 95.3 Å². The highest BCUT2D eigenvalue weighted by molar-refractivity contribution is 7.08. The van der Waals surface area contributed by atoms with Gasteiger partial charge in [-0.3, -0.25) is 14.9 Å². The third-order valence-corrected chi connectivity index (χ3v) is 5.22. The molecule has 1 aliphatic heterocycles. The third-order valence-electron chi connectivity index (χ3n) is 4.50. The number of methoxy groups -OCH3 is 1. The quantitative estimate of drug-likeness (QED) is 0.641. The summed E-state index contributed by atoms with van der Waals surface area (Å²) in [4.78, 5) is 23.3. The molecule has 1 atom stereocenters. The number of piperidine rings is 1. The van der Waals surface area contributed by atoms with Gasteiger partial charge in [-0.15, -0.1) is 16.4 Å². The third kappa shape index (κ3) is 3.74. The normalized spacial score (nSPS) is 16.7. The zero-order chi connectivity index (χ0) is 19.5. The first-order valence-corrected chi connectivity index (χ1v) is 9.66. The first-order chi connectivity index (χ1) is 13.6. The van der Waals surface area contributed by atoms with E-state index in [0.717, 1.165) is 16.9 Å². The Labute approximate surface area is 165 Å². The summed E-state index contributed by atoms with van der Waals surface area (Å²) in [5.74, 6) is 0.892. The Balaban J connectivity index is 1.47. The van der Waals surface area contributed by atoms with Gasteiger partial charge >= 0.3 is 0 Å². The highest BCUT2D eigenvalue weighted by Crippen LogP contribution is 2.33. The number of ether oxygens (including phenoxy) is 2. The smallest absolute Gasteiger partial charge is 0.251 e. The number of thiophene rings is 1. The van der Waals surface area contributed by atoms with Crippen LogP contribution < -0.4 is 14.8 Å². The summed E-state index contributed by atoms with van der Waals surface area (Å²) in [5.41, 5.74) is 2.46. The molecule has 1 saturated heterocycles. The van der Waals surface area contributed by atoms with Gasteiger partial charge in [0.2, 0.25) is 5.91 Å². The summed E-state index contributed by atoms with van der Waals surface area (Å²) in [5, 5.41) is 14.4. The Kier molecular flexibility index (Phi) is 5.07. The van der Waals surface area contributed by atoms with Crippen LogP contribution in [0.5, 0.6) is 11.5 Å². The van der Waals surface area contributed by atoms with Crippen LogP contribution in [0.2, 0.25) is 0 Å². The molecule has 2 amide bonds. The summed E-state index contributed by atoms with van der Waals surface area (Å²) in [6.07, 6.45) is 2.42. The first-order valence-electron chi connectivity index (χ1n) is 8.72. The number of nitrogens with one attached hydrogen (secondary N) is 1. The Hall–Kier alpha value is -3.20. The Morgan fingerprint density at radius 1 is 1.25 bits per heavy atom. The van der Waals surface area contributed by atoms with E-state index < -0.39 is 6.04 Å². The van der Waals surface area contributed by atoms with Gasteiger partial charge in [-0.1, -0.05) is 17.3 Å². The molecule has 2 aromatic heterocycles. The molecule has 0 radical (unpaired) electrons. The molecule has 4 rings (SSSR count). The van der Waals surface area contributed by atoms with Crippen molar-refractivity contribution < 1.29 is 19.1 Å². The number of amides is 2. The molecule has 1 fully saturated rings. The molecule has 0 aliphatic carbocycles. The van der Waals surface area contributed by atoms with Crippen molar-refractivity contribution in [2.45, 2.75) is 25.5 Å². The van der Waals surface area contributed by atoms with Crippen molar-refractivity contribution in [1.29, 1.82) is 0 Å². The summed E-state index contributed by atoms with van der Waals surface area (Å²) in [6, 6.07) is 7.15. The van der Waals surface area contributed by atoms with Gasteiger partial charge in [0.15, 0.2) is 0 Å². The summed E-state index contributed by atoms with van der Waals surface area (Å²) in [7, 11) is 1.63. The van der Waals surface area contributed by atoms with Gasteiger partial charge in [0.25, 0.3) is 5.91 Å². The SMILES string of the molecule is COc1ccc(COc2cscc2-c2cn(C3CCC(=O)NC3=O)nn2)cc1. The second-order valence-electron chi connectivity index (χ2n) is 6.34. The van der Waals surface area contributed by atoms with Crippen LogP contribution in [0.1, 0.15) is 24.4 Å². The maximum Gasteiger partial charge on any atom is 0.251 e. The molecule has 8 nitrogen and oxygen atoms in total. The number of rotatable bonds is 6. The Bertz CT molecular complexity index is 996. The lowest BCUT2D eigenvalue weighted by molar-refractivity contribution is -0.136. The monoisotopic (exact) mass is 398 g/mol. The predicted molar refractivity (Wildman–Crippen MR) is 102 cm³/mol. The van der Waals surface area contributed by atoms with Crippen molar-refractivity contribution >= 4 is 23.2 Å². The van der Waals surface area contributed by atoms with E-state index in [0.29, 0.717) is 30.9 Å². The molecule has 9 heteroatoms. The number of carbonyl (C=O) groups excluding carboxylic acids is 2. The van der Waals surface area contributed by atoms with E-state index >= 15 is 0 Å². The molecular weight excluding hydrogens is 380 g/mol. The van der Waals surface area contributed by atoms with Crippen molar-refractivity contribution in [2.75, 3.05) is 7.11 Å². The minimum atomic E-state index is -0.527. The molecule has 144 valence electrons. The molecule has 28 heavy (non-hydrogen) atoms. The molecule has 1 aliphatic rings. The fourth-order valence-electron chi connectivity index (χ4n) is 2.95. The average molecular weight is 398 g/mol. The van der Waals surface area contributed by atoms with Gasteiger partial charge in [-0.05, 0) is 24.1 Å². The average Bonchev–Trinajstić information content (AvgIpc) is 3.36. The molecular formula is C19H18N4O4S. The number of benzene rings is 1. The molecule has 1 aromatic carbocycles. The van der Waals surface area contributed by atoms with Crippen LogP contribution in [-0.4, -0.2) is 33.9 Å². The zero-order valence-electron chi connectivity index (χ0n) is 15.1. The Morgan fingerprint density at radius 3 is 2.82 bits per heavy atom. The summed E-state index contributed by atoms with van der Waals surface area (Å²) in [6.45, 7) is 0.412. The van der Waals surface area contributed by atoms with Gasteiger partial charge < -0.3 is 9.47 Å². The second-order valence-corrected chi connectivity index (χ2v) is 7.08. The number of nitrogens with zero attached hydrogens (tertiary/aromatic N) is 3. The molecule has 1 N–H and O–H groups in total. The predicted octanol–water partition coefficient (Wildman–Crippen LogP) is 2.57. The van der Waals surface area contributed by atoms with Crippen LogP contribution in [0.3, 0.4) is 0 Å². The van der Waals surface area contributed by atoms with Gasteiger partial charge in [-0.25, -0.2) is 4.68 Å². The highest BCUT2D eigenvalue weighted by Gasteiger charge is 2.29.